The maximum absolute atomic E-state index is 11.2. The van der Waals surface area contributed by atoms with Crippen molar-refractivity contribution in [2.24, 2.45) is 5.92 Å². The molecule has 1 N–H and O–H groups in total. The Labute approximate surface area is 162 Å². The second kappa shape index (κ2) is 8.46. The van der Waals surface area contributed by atoms with E-state index in [1.165, 1.54) is 31.4 Å². The van der Waals surface area contributed by atoms with Gasteiger partial charge in [0.2, 0.25) is 5.91 Å². The maximum atomic E-state index is 11.2. The largest absolute Gasteiger partial charge is 0.489 e. The monoisotopic (exact) mass is 372 g/mol. The first-order chi connectivity index (χ1) is 13.2. The maximum Gasteiger partial charge on any atom is 0.217 e. The van der Waals surface area contributed by atoms with Gasteiger partial charge in [-0.1, -0.05) is 0 Å². The molecule has 1 aliphatic carbocycles. The fraction of sp³-hybridized carbons (Fsp3) is 0.714. The van der Waals surface area contributed by atoms with Gasteiger partial charge in [0.1, 0.15) is 0 Å². The third kappa shape index (κ3) is 4.54. The van der Waals surface area contributed by atoms with Gasteiger partial charge in [0.15, 0.2) is 11.6 Å². The Bertz CT molecular complexity index is 650. The van der Waals surface area contributed by atoms with Crippen LogP contribution in [0.25, 0.3) is 0 Å². The fourth-order valence-corrected chi connectivity index (χ4v) is 4.75. The number of carbonyl (C=O) groups is 1. The molecule has 0 spiro atoms. The second-order valence-electron chi connectivity index (χ2n) is 8.26. The Hall–Kier alpha value is -1.82. The Kier molecular flexibility index (Phi) is 5.81. The highest BCUT2D eigenvalue weighted by atomic mass is 16.5. The van der Waals surface area contributed by atoms with E-state index in [2.05, 4.69) is 26.2 Å². The lowest BCUT2D eigenvalue weighted by molar-refractivity contribution is -0.119. The van der Waals surface area contributed by atoms with Crippen LogP contribution in [0.15, 0.2) is 12.3 Å². The summed E-state index contributed by atoms with van der Waals surface area (Å²) in [5.74, 6) is 2.99. The van der Waals surface area contributed by atoms with Crippen LogP contribution < -0.4 is 15.0 Å². The van der Waals surface area contributed by atoms with Crippen LogP contribution in [-0.2, 0) is 11.2 Å². The lowest BCUT2D eigenvalue weighted by atomic mass is 9.84. The number of anilines is 1. The lowest BCUT2D eigenvalue weighted by Gasteiger charge is -2.37. The van der Waals surface area contributed by atoms with Gasteiger partial charge in [-0.2, -0.15) is 0 Å². The van der Waals surface area contributed by atoms with Crippen molar-refractivity contribution in [2.75, 3.05) is 44.2 Å². The Morgan fingerprint density at radius 1 is 1.22 bits per heavy atom. The molecule has 27 heavy (non-hydrogen) atoms. The van der Waals surface area contributed by atoms with Crippen molar-refractivity contribution >= 4 is 11.7 Å². The molecule has 1 aromatic heterocycles. The molecule has 148 valence electrons. The predicted octanol–water partition coefficient (Wildman–Crippen LogP) is 2.22. The van der Waals surface area contributed by atoms with Crippen molar-refractivity contribution in [1.29, 1.82) is 0 Å². The molecule has 2 fully saturated rings. The van der Waals surface area contributed by atoms with Crippen LogP contribution in [0.5, 0.6) is 5.75 Å². The van der Waals surface area contributed by atoms with Crippen molar-refractivity contribution < 1.29 is 9.53 Å². The average Bonchev–Trinajstić information content (AvgIpc) is 3.16. The van der Waals surface area contributed by atoms with Gasteiger partial charge in [-0.15, -0.1) is 0 Å². The number of rotatable bonds is 5. The number of carbonyl (C=O) groups excluding carboxylic acids is 1. The normalized spacial score (nSPS) is 25.7. The van der Waals surface area contributed by atoms with Crippen LogP contribution in [-0.4, -0.2) is 61.2 Å². The number of nitrogens with one attached hydrogen (secondary N) is 1. The van der Waals surface area contributed by atoms with Gasteiger partial charge < -0.3 is 15.0 Å². The van der Waals surface area contributed by atoms with Gasteiger partial charge in [-0.05, 0) is 50.6 Å². The van der Waals surface area contributed by atoms with E-state index < -0.39 is 0 Å². The third-order valence-electron chi connectivity index (χ3n) is 6.36. The minimum Gasteiger partial charge on any atom is -0.489 e. The number of piperazine rings is 1. The van der Waals surface area contributed by atoms with Gasteiger partial charge >= 0.3 is 0 Å². The van der Waals surface area contributed by atoms with E-state index in [4.69, 9.17) is 4.74 Å². The molecule has 1 saturated carbocycles. The summed E-state index contributed by atoms with van der Waals surface area (Å²) in [7, 11) is 0. The summed E-state index contributed by atoms with van der Waals surface area (Å²) in [6.07, 6.45) is 9.01. The molecule has 1 amide bonds. The number of pyridine rings is 1. The molecule has 0 bridgehead atoms. The van der Waals surface area contributed by atoms with Crippen LogP contribution in [0, 0.1) is 5.92 Å². The van der Waals surface area contributed by atoms with Crippen molar-refractivity contribution in [3.8, 4) is 5.75 Å². The van der Waals surface area contributed by atoms with Crippen LogP contribution >= 0.6 is 0 Å². The molecule has 1 saturated heterocycles. The van der Waals surface area contributed by atoms with Crippen LogP contribution in [0.1, 0.15) is 44.6 Å². The first-order valence-corrected chi connectivity index (χ1v) is 10.5. The first-order valence-electron chi connectivity index (χ1n) is 10.5. The quantitative estimate of drug-likeness (QED) is 0.859. The van der Waals surface area contributed by atoms with Gasteiger partial charge in [-0.25, -0.2) is 4.98 Å². The summed E-state index contributed by atoms with van der Waals surface area (Å²) in [4.78, 5) is 20.8. The highest BCUT2D eigenvalue weighted by Crippen LogP contribution is 2.34. The van der Waals surface area contributed by atoms with E-state index in [0.717, 1.165) is 69.5 Å². The minimum atomic E-state index is 0.111. The first kappa shape index (κ1) is 18.5. The highest BCUT2D eigenvalue weighted by Gasteiger charge is 2.26. The summed E-state index contributed by atoms with van der Waals surface area (Å²) < 4.78 is 5.83. The van der Waals surface area contributed by atoms with Crippen LogP contribution in [0.2, 0.25) is 0 Å². The summed E-state index contributed by atoms with van der Waals surface area (Å²) in [5.41, 5.74) is 1.30. The average molecular weight is 373 g/mol. The second-order valence-corrected chi connectivity index (χ2v) is 8.26. The summed E-state index contributed by atoms with van der Waals surface area (Å²) in [5, 5.41) is 3.07. The van der Waals surface area contributed by atoms with E-state index in [-0.39, 0.29) is 5.91 Å². The summed E-state index contributed by atoms with van der Waals surface area (Å²) in [6.45, 7) is 7.87. The summed E-state index contributed by atoms with van der Waals surface area (Å²) in [6, 6.07) is 2.49. The van der Waals surface area contributed by atoms with Crippen molar-refractivity contribution in [1.82, 2.24) is 15.2 Å². The SMILES string of the molecule is CC(=O)N[C@H]1CC[C@H](CCN2CCN(c3nccc4c3OCC4)CC2)CC1. The third-order valence-corrected chi connectivity index (χ3v) is 6.36. The zero-order chi connectivity index (χ0) is 18.6. The Morgan fingerprint density at radius 2 is 2.00 bits per heavy atom. The number of fused-ring (bicyclic) bond motifs is 1. The Morgan fingerprint density at radius 3 is 2.74 bits per heavy atom. The van der Waals surface area contributed by atoms with Crippen molar-refractivity contribution in [2.45, 2.75) is 51.5 Å². The molecule has 4 rings (SSSR count). The molecule has 1 aromatic rings. The van der Waals surface area contributed by atoms with Gasteiger partial charge in [-0.3, -0.25) is 9.69 Å². The molecule has 0 radical (unpaired) electrons. The molecule has 2 aliphatic heterocycles. The number of hydrogen-bond acceptors (Lipinski definition) is 5. The predicted molar refractivity (Wildman–Crippen MR) is 106 cm³/mol. The molecule has 0 atom stereocenters. The number of nitrogens with zero attached hydrogens (tertiary/aromatic N) is 3. The van der Waals surface area contributed by atoms with E-state index in [0.29, 0.717) is 6.04 Å². The van der Waals surface area contributed by atoms with Gasteiger partial charge in [0.25, 0.3) is 0 Å². The van der Waals surface area contributed by atoms with E-state index in [9.17, 15) is 4.79 Å². The molecule has 3 aliphatic rings. The van der Waals surface area contributed by atoms with Crippen LogP contribution in [0.4, 0.5) is 5.82 Å². The molecule has 3 heterocycles. The van der Waals surface area contributed by atoms with E-state index >= 15 is 0 Å². The number of aromatic nitrogens is 1. The zero-order valence-corrected chi connectivity index (χ0v) is 16.5. The van der Waals surface area contributed by atoms with Crippen molar-refractivity contribution in [3.05, 3.63) is 17.8 Å². The highest BCUT2D eigenvalue weighted by molar-refractivity contribution is 5.73. The molecule has 0 aromatic carbocycles. The molecular formula is C21H32N4O2. The number of amides is 1. The lowest BCUT2D eigenvalue weighted by Crippen LogP contribution is -2.47. The fourth-order valence-electron chi connectivity index (χ4n) is 4.75. The van der Waals surface area contributed by atoms with Crippen molar-refractivity contribution in [3.63, 3.8) is 0 Å². The topological polar surface area (TPSA) is 57.7 Å². The Balaban J connectivity index is 1.20. The molecular weight excluding hydrogens is 340 g/mol. The summed E-state index contributed by atoms with van der Waals surface area (Å²) >= 11 is 0. The zero-order valence-electron chi connectivity index (χ0n) is 16.5. The smallest absolute Gasteiger partial charge is 0.217 e. The minimum absolute atomic E-state index is 0.111. The molecule has 6 heteroatoms. The van der Waals surface area contributed by atoms with Gasteiger partial charge in [0, 0.05) is 57.3 Å². The standard InChI is InChI=1S/C21H32N4O2/c1-16(26)23-19-4-2-17(3-5-19)7-10-24-11-13-25(14-12-24)21-20-18(6-9-22-21)8-15-27-20/h6,9,17,19H,2-5,7-8,10-15H2,1H3,(H,23,26)/t17-,19-. The number of hydrogen-bond donors (Lipinski definition) is 1. The molecule has 0 unspecified atom stereocenters. The van der Waals surface area contributed by atoms with E-state index in [1.54, 1.807) is 6.92 Å². The molecule has 6 nitrogen and oxygen atoms in total. The van der Waals surface area contributed by atoms with Gasteiger partial charge in [0.05, 0.1) is 6.61 Å². The van der Waals surface area contributed by atoms with Crippen LogP contribution in [0.3, 0.4) is 0 Å². The van der Waals surface area contributed by atoms with E-state index in [1.807, 2.05) is 6.20 Å². The number of ether oxygens (including phenoxy) is 1.